The fourth-order valence-corrected chi connectivity index (χ4v) is 7.23. The van der Waals surface area contributed by atoms with Crippen LogP contribution >= 0.6 is 0 Å². The molecule has 4 aliphatic rings. The molecule has 3 saturated carbocycles. The number of carboxylic acids is 1. The van der Waals surface area contributed by atoms with E-state index in [1.807, 2.05) is 13.0 Å². The van der Waals surface area contributed by atoms with Crippen LogP contribution in [0.4, 0.5) is 0 Å². The number of esters is 1. The van der Waals surface area contributed by atoms with Gasteiger partial charge in [-0.2, -0.15) is 0 Å². The van der Waals surface area contributed by atoms with E-state index in [0.717, 1.165) is 5.57 Å². The van der Waals surface area contributed by atoms with Crippen molar-refractivity contribution in [3.8, 4) is 0 Å². The normalized spacial score (nSPS) is 40.1. The van der Waals surface area contributed by atoms with Gasteiger partial charge in [-0.3, -0.25) is 19.2 Å². The smallest absolute Gasteiger partial charge is 0.376 e. The third kappa shape index (κ3) is 2.96. The van der Waals surface area contributed by atoms with Crippen molar-refractivity contribution in [3.05, 3.63) is 23.8 Å². The summed E-state index contributed by atoms with van der Waals surface area (Å²) in [4.78, 5) is 62.9. The average molecular weight is 443 g/mol. The summed E-state index contributed by atoms with van der Waals surface area (Å²) >= 11 is 0. The van der Waals surface area contributed by atoms with Gasteiger partial charge in [0.15, 0.2) is 11.4 Å². The van der Waals surface area contributed by atoms with Gasteiger partial charge in [0.25, 0.3) is 5.78 Å². The number of fused-ring (bicyclic) bond motifs is 5. The molecule has 0 saturated heterocycles. The van der Waals surface area contributed by atoms with Crippen molar-refractivity contribution in [2.45, 2.75) is 71.3 Å². The van der Waals surface area contributed by atoms with Gasteiger partial charge >= 0.3 is 11.9 Å². The number of hydrogen-bond acceptors (Lipinski definition) is 6. The number of allylic oxidation sites excluding steroid dienone is 4. The van der Waals surface area contributed by atoms with Crippen LogP contribution in [0.15, 0.2) is 23.8 Å². The minimum absolute atomic E-state index is 0.0259. The second-order valence-corrected chi connectivity index (χ2v) is 10.3. The van der Waals surface area contributed by atoms with Crippen LogP contribution in [-0.2, 0) is 28.7 Å². The Morgan fingerprint density at radius 1 is 1.19 bits per heavy atom. The number of carboxylic acid groups (broad SMARTS) is 1. The number of aliphatic carboxylic acids is 1. The van der Waals surface area contributed by atoms with Crippen LogP contribution in [0, 0.1) is 28.6 Å². The van der Waals surface area contributed by atoms with Gasteiger partial charge in [-0.15, -0.1) is 0 Å². The minimum Gasteiger partial charge on any atom is -0.475 e. The summed E-state index contributed by atoms with van der Waals surface area (Å²) in [5.41, 5.74) is -2.50. The van der Waals surface area contributed by atoms with Crippen LogP contribution in [0.5, 0.6) is 0 Å². The molecule has 0 aromatic rings. The number of carbonyl (C=O) groups excluding carboxylic acids is 4. The quantitative estimate of drug-likeness (QED) is 0.513. The fraction of sp³-hybridized carbons (Fsp3) is 0.640. The lowest BCUT2D eigenvalue weighted by atomic mass is 9.46. The fourth-order valence-electron chi connectivity index (χ4n) is 7.23. The van der Waals surface area contributed by atoms with Crippen molar-refractivity contribution >= 4 is 29.3 Å². The lowest BCUT2D eigenvalue weighted by Gasteiger charge is -2.56. The van der Waals surface area contributed by atoms with E-state index in [9.17, 15) is 29.1 Å². The molecule has 1 N–H and O–H groups in total. The molecule has 0 aromatic heterocycles. The standard InChI is InChI=1S/C25H30O7/c1-4-5-19(28)32-25(21(29)22(30)31)11-9-17-16-7-6-14-12-15(26)8-10-23(14,2)20(16)18(27)13-24(17,25)3/h8,10,12,16-17,20H,4-7,9,11,13H2,1-3H3,(H,30,31)/t16-,17-,20+,23-,24-,25-/m0/s1. The maximum atomic E-state index is 13.7. The lowest BCUT2D eigenvalue weighted by molar-refractivity contribution is -0.193. The van der Waals surface area contributed by atoms with E-state index in [1.165, 1.54) is 6.08 Å². The number of Topliss-reactive ketones (excluding diaryl/α,β-unsaturated/α-hetero) is 2. The van der Waals surface area contributed by atoms with Crippen LogP contribution in [-0.4, -0.2) is 40.0 Å². The molecule has 7 heteroatoms. The highest BCUT2D eigenvalue weighted by atomic mass is 16.6. The summed E-state index contributed by atoms with van der Waals surface area (Å²) in [6, 6.07) is 0. The van der Waals surface area contributed by atoms with Crippen LogP contribution in [0.2, 0.25) is 0 Å². The van der Waals surface area contributed by atoms with Crippen LogP contribution in [0.3, 0.4) is 0 Å². The molecule has 0 heterocycles. The third-order valence-corrected chi connectivity index (χ3v) is 8.68. The molecule has 0 bridgehead atoms. The largest absolute Gasteiger partial charge is 0.475 e. The molecule has 4 rings (SSSR count). The molecular weight excluding hydrogens is 412 g/mol. The zero-order valence-corrected chi connectivity index (χ0v) is 18.8. The van der Waals surface area contributed by atoms with Crippen molar-refractivity contribution in [2.75, 3.05) is 0 Å². The Bertz CT molecular complexity index is 975. The molecule has 0 unspecified atom stereocenters. The SMILES string of the molecule is CCCC(=O)O[C@]1(C(=O)C(=O)O)CC[C@H]2[C@@H]3CCC4=CC(=O)C=C[C@]4(C)[C@H]3C(=O)C[C@@]21C. The number of ketones is 3. The zero-order valence-electron chi connectivity index (χ0n) is 18.8. The van der Waals surface area contributed by atoms with E-state index in [-0.39, 0.29) is 48.6 Å². The Labute approximate surface area is 187 Å². The molecule has 0 spiro atoms. The van der Waals surface area contributed by atoms with E-state index < -0.39 is 34.2 Å². The maximum absolute atomic E-state index is 13.7. The van der Waals surface area contributed by atoms with Crippen LogP contribution in [0.1, 0.15) is 65.7 Å². The van der Waals surface area contributed by atoms with E-state index in [1.54, 1.807) is 19.9 Å². The molecular formula is C25H30O7. The predicted octanol–water partition coefficient (Wildman–Crippen LogP) is 3.21. The molecule has 32 heavy (non-hydrogen) atoms. The van der Waals surface area contributed by atoms with Crippen LogP contribution in [0.25, 0.3) is 0 Å². The minimum atomic E-state index is -1.83. The van der Waals surface area contributed by atoms with E-state index in [4.69, 9.17) is 4.74 Å². The second kappa shape index (κ2) is 7.49. The highest BCUT2D eigenvalue weighted by molar-refractivity contribution is 6.36. The van der Waals surface area contributed by atoms with Gasteiger partial charge < -0.3 is 9.84 Å². The summed E-state index contributed by atoms with van der Waals surface area (Å²) in [6.45, 7) is 5.55. The Morgan fingerprint density at radius 2 is 1.91 bits per heavy atom. The molecule has 0 aromatic carbocycles. The predicted molar refractivity (Wildman–Crippen MR) is 113 cm³/mol. The van der Waals surface area contributed by atoms with Gasteiger partial charge in [0.05, 0.1) is 0 Å². The molecule has 172 valence electrons. The topological polar surface area (TPSA) is 115 Å². The number of rotatable bonds is 5. The summed E-state index contributed by atoms with van der Waals surface area (Å²) in [7, 11) is 0. The maximum Gasteiger partial charge on any atom is 0.376 e. The molecule has 0 aliphatic heterocycles. The van der Waals surface area contributed by atoms with E-state index in [0.29, 0.717) is 25.7 Å². The lowest BCUT2D eigenvalue weighted by Crippen LogP contribution is -2.62. The summed E-state index contributed by atoms with van der Waals surface area (Å²) in [6.07, 6.45) is 7.54. The Morgan fingerprint density at radius 3 is 2.56 bits per heavy atom. The van der Waals surface area contributed by atoms with Crippen molar-refractivity contribution < 1.29 is 33.8 Å². The summed E-state index contributed by atoms with van der Waals surface area (Å²) in [5, 5.41) is 9.60. The summed E-state index contributed by atoms with van der Waals surface area (Å²) < 4.78 is 5.72. The third-order valence-electron chi connectivity index (χ3n) is 8.68. The van der Waals surface area contributed by atoms with Crippen molar-refractivity contribution in [3.63, 3.8) is 0 Å². The number of carbonyl (C=O) groups is 5. The monoisotopic (exact) mass is 442 g/mol. The first-order valence-corrected chi connectivity index (χ1v) is 11.5. The molecule has 3 fully saturated rings. The van der Waals surface area contributed by atoms with Gasteiger partial charge in [0.1, 0.15) is 5.78 Å². The van der Waals surface area contributed by atoms with Gasteiger partial charge in [-0.25, -0.2) is 4.79 Å². The van der Waals surface area contributed by atoms with Gasteiger partial charge in [-0.1, -0.05) is 32.4 Å². The van der Waals surface area contributed by atoms with E-state index in [2.05, 4.69) is 0 Å². The first-order valence-electron chi connectivity index (χ1n) is 11.5. The zero-order chi connectivity index (χ0) is 23.5. The Kier molecular flexibility index (Phi) is 5.30. The highest BCUT2D eigenvalue weighted by Crippen LogP contribution is 2.67. The van der Waals surface area contributed by atoms with Gasteiger partial charge in [0.2, 0.25) is 0 Å². The highest BCUT2D eigenvalue weighted by Gasteiger charge is 2.71. The van der Waals surface area contributed by atoms with Crippen molar-refractivity contribution in [2.24, 2.45) is 28.6 Å². The molecule has 6 atom stereocenters. The number of ether oxygens (including phenoxy) is 1. The van der Waals surface area contributed by atoms with Crippen molar-refractivity contribution in [1.82, 2.24) is 0 Å². The first kappa shape index (κ1) is 22.6. The summed E-state index contributed by atoms with van der Waals surface area (Å²) in [5.74, 6) is -4.05. The second-order valence-electron chi connectivity index (χ2n) is 10.3. The number of hydrogen-bond donors (Lipinski definition) is 1. The van der Waals surface area contributed by atoms with E-state index >= 15 is 0 Å². The van der Waals surface area contributed by atoms with Crippen LogP contribution < -0.4 is 0 Å². The first-order chi connectivity index (χ1) is 15.0. The Balaban J connectivity index is 1.77. The molecule has 4 aliphatic carbocycles. The van der Waals surface area contributed by atoms with Gasteiger partial charge in [0, 0.05) is 29.6 Å². The average Bonchev–Trinajstić information content (AvgIpc) is 3.00. The Hall–Kier alpha value is -2.57. The van der Waals surface area contributed by atoms with Crippen molar-refractivity contribution in [1.29, 1.82) is 0 Å². The molecule has 7 nitrogen and oxygen atoms in total. The molecule has 0 amide bonds. The van der Waals surface area contributed by atoms with Gasteiger partial charge in [-0.05, 0) is 56.1 Å². The molecule has 0 radical (unpaired) electrons.